The molecular weight excluding hydrogens is 539 g/mol. The maximum absolute atomic E-state index is 13.5. The Labute approximate surface area is 218 Å². The fraction of sp³-hybridized carbons (Fsp3) is 0.231. The quantitative estimate of drug-likeness (QED) is 0.333. The molecule has 3 aromatic carbocycles. The molecule has 2 amide bonds. The molecule has 5 nitrogen and oxygen atoms in total. The largest absolute Gasteiger partial charge is 0.482 e. The number of hydrogen-bond donors (Lipinski definition) is 1. The number of amides is 2. The third-order valence-corrected chi connectivity index (χ3v) is 6.13. The van der Waals surface area contributed by atoms with Crippen LogP contribution in [0.15, 0.2) is 77.3 Å². The van der Waals surface area contributed by atoms with Gasteiger partial charge in [-0.15, -0.1) is 0 Å². The van der Waals surface area contributed by atoms with Crippen LogP contribution in [0.25, 0.3) is 0 Å². The predicted molar refractivity (Wildman–Crippen MR) is 139 cm³/mol. The van der Waals surface area contributed by atoms with Gasteiger partial charge in [0.2, 0.25) is 5.91 Å². The van der Waals surface area contributed by atoms with Crippen LogP contribution in [0.5, 0.6) is 5.75 Å². The van der Waals surface area contributed by atoms with E-state index in [9.17, 15) is 9.59 Å². The summed E-state index contributed by atoms with van der Waals surface area (Å²) in [6.45, 7) is 2.23. The van der Waals surface area contributed by atoms with E-state index < -0.39 is 6.04 Å². The van der Waals surface area contributed by atoms with Gasteiger partial charge in [0.25, 0.3) is 5.91 Å². The Morgan fingerprint density at radius 3 is 2.41 bits per heavy atom. The van der Waals surface area contributed by atoms with E-state index in [0.29, 0.717) is 28.8 Å². The van der Waals surface area contributed by atoms with Crippen molar-refractivity contribution in [1.29, 1.82) is 0 Å². The van der Waals surface area contributed by atoms with E-state index >= 15 is 0 Å². The summed E-state index contributed by atoms with van der Waals surface area (Å²) in [6.07, 6.45) is 0.359. The third-order valence-electron chi connectivity index (χ3n) is 5.11. The fourth-order valence-corrected chi connectivity index (χ4v) is 4.43. The van der Waals surface area contributed by atoms with Crippen LogP contribution in [0, 0.1) is 0 Å². The molecule has 0 spiro atoms. The van der Waals surface area contributed by atoms with Crippen LogP contribution >= 0.6 is 39.1 Å². The van der Waals surface area contributed by atoms with Gasteiger partial charge in [-0.25, -0.2) is 0 Å². The molecule has 1 N–H and O–H groups in total. The highest BCUT2D eigenvalue weighted by Crippen LogP contribution is 2.28. The first kappa shape index (κ1) is 26.1. The summed E-state index contributed by atoms with van der Waals surface area (Å²) in [7, 11) is 0. The van der Waals surface area contributed by atoms with Gasteiger partial charge in [0.15, 0.2) is 6.61 Å². The number of carbonyl (C=O) groups is 2. The van der Waals surface area contributed by atoms with Gasteiger partial charge >= 0.3 is 0 Å². The summed E-state index contributed by atoms with van der Waals surface area (Å²) in [5.41, 5.74) is 1.75. The van der Waals surface area contributed by atoms with Crippen LogP contribution < -0.4 is 10.1 Å². The maximum atomic E-state index is 13.5. The third kappa shape index (κ3) is 7.49. The van der Waals surface area contributed by atoms with E-state index in [0.717, 1.165) is 15.6 Å². The van der Waals surface area contributed by atoms with Crippen molar-refractivity contribution >= 4 is 50.9 Å². The molecule has 0 aliphatic heterocycles. The van der Waals surface area contributed by atoms with E-state index in [4.69, 9.17) is 27.9 Å². The average Bonchev–Trinajstić information content (AvgIpc) is 2.81. The van der Waals surface area contributed by atoms with Crippen molar-refractivity contribution in [2.45, 2.75) is 25.9 Å². The van der Waals surface area contributed by atoms with E-state index in [-0.39, 0.29) is 25.0 Å². The van der Waals surface area contributed by atoms with E-state index in [1.165, 1.54) is 4.90 Å². The van der Waals surface area contributed by atoms with Gasteiger partial charge in [-0.3, -0.25) is 9.59 Å². The van der Waals surface area contributed by atoms with Crippen LogP contribution in [0.4, 0.5) is 0 Å². The molecule has 0 saturated heterocycles. The Kier molecular flexibility index (Phi) is 9.81. The van der Waals surface area contributed by atoms with Crippen molar-refractivity contribution < 1.29 is 14.3 Å². The zero-order valence-electron chi connectivity index (χ0n) is 18.6. The van der Waals surface area contributed by atoms with E-state index in [1.807, 2.05) is 49.4 Å². The van der Waals surface area contributed by atoms with Gasteiger partial charge in [-0.05, 0) is 48.4 Å². The number of rotatable bonds is 10. The van der Waals surface area contributed by atoms with Crippen molar-refractivity contribution in [2.24, 2.45) is 0 Å². The number of likely N-dealkylation sites (N-methyl/N-ethyl adjacent to an activating group) is 1. The highest BCUT2D eigenvalue weighted by atomic mass is 79.9. The Morgan fingerprint density at radius 2 is 1.74 bits per heavy atom. The Balaban J connectivity index is 1.90. The fourth-order valence-electron chi connectivity index (χ4n) is 3.49. The lowest BCUT2D eigenvalue weighted by Gasteiger charge is -2.31. The Morgan fingerprint density at radius 1 is 1.00 bits per heavy atom. The topological polar surface area (TPSA) is 58.6 Å². The second-order valence-electron chi connectivity index (χ2n) is 7.62. The molecule has 0 radical (unpaired) electrons. The summed E-state index contributed by atoms with van der Waals surface area (Å²) in [5, 5.41) is 3.80. The standard InChI is InChI=1S/C26H25BrCl2N2O3/c1-2-30-26(33)23(14-18-7-4-3-5-8-18)31(16-19-9-6-10-21(28)13-19)25(32)17-34-24-12-11-20(27)15-22(24)29/h3-13,15,23H,2,14,16-17H2,1H3,(H,30,33)/t23-/m0/s1. The molecular formula is C26H25BrCl2N2O3. The summed E-state index contributed by atoms with van der Waals surface area (Å²) in [4.78, 5) is 28.1. The average molecular weight is 564 g/mol. The molecule has 0 saturated carbocycles. The molecule has 8 heteroatoms. The normalized spacial score (nSPS) is 11.5. The molecule has 0 unspecified atom stereocenters. The van der Waals surface area contributed by atoms with Gasteiger partial charge in [0, 0.05) is 29.0 Å². The molecule has 0 aliphatic carbocycles. The van der Waals surface area contributed by atoms with Gasteiger partial charge < -0.3 is 15.0 Å². The van der Waals surface area contributed by atoms with Crippen molar-refractivity contribution in [3.05, 3.63) is 98.4 Å². The van der Waals surface area contributed by atoms with Crippen molar-refractivity contribution in [3.63, 3.8) is 0 Å². The SMILES string of the molecule is CCNC(=O)[C@H](Cc1ccccc1)N(Cc1cccc(Cl)c1)C(=O)COc1ccc(Br)cc1Cl. The second-order valence-corrected chi connectivity index (χ2v) is 9.37. The first-order chi connectivity index (χ1) is 16.4. The molecule has 0 fully saturated rings. The number of nitrogens with one attached hydrogen (secondary N) is 1. The van der Waals surface area contributed by atoms with Crippen molar-refractivity contribution in [3.8, 4) is 5.75 Å². The van der Waals surface area contributed by atoms with E-state index in [2.05, 4.69) is 21.2 Å². The lowest BCUT2D eigenvalue weighted by molar-refractivity contribution is -0.142. The highest BCUT2D eigenvalue weighted by molar-refractivity contribution is 9.10. The second kappa shape index (κ2) is 12.8. The molecule has 0 heterocycles. The van der Waals surface area contributed by atoms with Crippen LogP contribution in [0.2, 0.25) is 10.0 Å². The highest BCUT2D eigenvalue weighted by Gasteiger charge is 2.30. The molecule has 178 valence electrons. The van der Waals surface area contributed by atoms with Crippen molar-refractivity contribution in [2.75, 3.05) is 13.2 Å². The molecule has 0 bridgehead atoms. The van der Waals surface area contributed by atoms with Crippen LogP contribution in [0.3, 0.4) is 0 Å². The zero-order chi connectivity index (χ0) is 24.5. The number of carbonyl (C=O) groups excluding carboxylic acids is 2. The number of nitrogens with zero attached hydrogens (tertiary/aromatic N) is 1. The molecule has 3 aromatic rings. The molecule has 34 heavy (non-hydrogen) atoms. The van der Waals surface area contributed by atoms with Crippen molar-refractivity contribution in [1.82, 2.24) is 10.2 Å². The maximum Gasteiger partial charge on any atom is 0.261 e. The lowest BCUT2D eigenvalue weighted by Crippen LogP contribution is -2.51. The molecule has 0 aliphatic rings. The minimum absolute atomic E-state index is 0.200. The summed E-state index contributed by atoms with van der Waals surface area (Å²) in [6, 6.07) is 21.3. The Bertz CT molecular complexity index is 1130. The van der Waals surface area contributed by atoms with Gasteiger partial charge in [0.05, 0.1) is 5.02 Å². The minimum atomic E-state index is -0.738. The summed E-state index contributed by atoms with van der Waals surface area (Å²) >= 11 is 15.8. The number of ether oxygens (including phenoxy) is 1. The van der Waals surface area contributed by atoms with Crippen LogP contribution in [-0.4, -0.2) is 35.9 Å². The molecule has 1 atom stereocenters. The first-order valence-corrected chi connectivity index (χ1v) is 12.4. The smallest absolute Gasteiger partial charge is 0.261 e. The number of benzene rings is 3. The monoisotopic (exact) mass is 562 g/mol. The lowest BCUT2D eigenvalue weighted by atomic mass is 10.0. The minimum Gasteiger partial charge on any atom is -0.482 e. The number of hydrogen-bond acceptors (Lipinski definition) is 3. The zero-order valence-corrected chi connectivity index (χ0v) is 21.7. The van der Waals surface area contributed by atoms with Gasteiger partial charge in [-0.1, -0.05) is 81.6 Å². The predicted octanol–water partition coefficient (Wildman–Crippen LogP) is 5.91. The molecule has 3 rings (SSSR count). The summed E-state index contributed by atoms with van der Waals surface area (Å²) < 4.78 is 6.54. The van der Waals surface area contributed by atoms with E-state index in [1.54, 1.807) is 30.3 Å². The molecule has 0 aromatic heterocycles. The van der Waals surface area contributed by atoms with Crippen LogP contribution in [-0.2, 0) is 22.6 Å². The van der Waals surface area contributed by atoms with Gasteiger partial charge in [-0.2, -0.15) is 0 Å². The Hall–Kier alpha value is -2.54. The van der Waals surface area contributed by atoms with Gasteiger partial charge in [0.1, 0.15) is 11.8 Å². The summed E-state index contributed by atoms with van der Waals surface area (Å²) in [5.74, 6) is -0.187. The van der Waals surface area contributed by atoms with Crippen LogP contribution in [0.1, 0.15) is 18.1 Å². The number of halogens is 3. The first-order valence-electron chi connectivity index (χ1n) is 10.8.